The smallest absolute Gasteiger partial charge is 0.164 e. The molecular weight excluding hydrogens is 526 g/mol. The summed E-state index contributed by atoms with van der Waals surface area (Å²) in [6.45, 7) is 0. The highest BCUT2D eigenvalue weighted by Gasteiger charge is 2.19. The summed E-state index contributed by atoms with van der Waals surface area (Å²) in [6.07, 6.45) is 0. The van der Waals surface area contributed by atoms with Crippen LogP contribution in [0.4, 0.5) is 0 Å². The maximum Gasteiger partial charge on any atom is 0.164 e. The molecular formula is C39H23N3O. The van der Waals surface area contributed by atoms with E-state index in [9.17, 15) is 4.11 Å². The van der Waals surface area contributed by atoms with E-state index in [4.69, 9.17) is 31.8 Å². The highest BCUT2D eigenvalue weighted by Crippen LogP contribution is 2.38. The quantitative estimate of drug-likeness (QED) is 0.198. The van der Waals surface area contributed by atoms with Gasteiger partial charge in [-0.1, -0.05) is 127 Å². The molecule has 0 bridgehead atoms. The van der Waals surface area contributed by atoms with E-state index < -0.39 is 227 Å². The fourth-order valence-electron chi connectivity index (χ4n) is 4.83. The van der Waals surface area contributed by atoms with Crippen molar-refractivity contribution >= 4 is 54.3 Å². The Hall–Kier alpha value is -5.87. The minimum absolute atomic E-state index is 0.393. The summed E-state index contributed by atoms with van der Waals surface area (Å²) >= 11 is 0. The van der Waals surface area contributed by atoms with Crippen LogP contribution in [0.1, 0.15) is 31.5 Å². The topological polar surface area (TPSA) is 51.8 Å². The Morgan fingerprint density at radius 1 is 0.395 bits per heavy atom. The third-order valence-electron chi connectivity index (χ3n) is 6.69. The van der Waals surface area contributed by atoms with Gasteiger partial charge in [-0.3, -0.25) is 0 Å². The van der Waals surface area contributed by atoms with Gasteiger partial charge < -0.3 is 4.42 Å². The van der Waals surface area contributed by atoms with Crippen LogP contribution in [0.25, 0.3) is 88.4 Å². The fraction of sp³-hybridized carbons (Fsp3) is 0. The molecule has 0 aliphatic heterocycles. The van der Waals surface area contributed by atoms with Gasteiger partial charge in [-0.15, -0.1) is 0 Å². The van der Waals surface area contributed by atoms with Crippen molar-refractivity contribution in [2.45, 2.75) is 0 Å². The van der Waals surface area contributed by atoms with Crippen molar-refractivity contribution in [3.8, 4) is 34.2 Å². The highest BCUT2D eigenvalue weighted by atomic mass is 16.3. The molecule has 0 fully saturated rings. The molecule has 0 saturated carbocycles. The molecule has 0 amide bonds. The summed E-state index contributed by atoms with van der Waals surface area (Å²) in [6, 6.07) is -18.5. The lowest BCUT2D eigenvalue weighted by atomic mass is 9.95. The number of fused-ring (bicyclic) bond motifs is 8. The van der Waals surface area contributed by atoms with Gasteiger partial charge >= 0.3 is 0 Å². The minimum Gasteiger partial charge on any atom is -0.456 e. The van der Waals surface area contributed by atoms with E-state index in [0.717, 1.165) is 0 Å². The molecule has 9 aromatic rings. The van der Waals surface area contributed by atoms with Crippen LogP contribution >= 0.6 is 0 Å². The van der Waals surface area contributed by atoms with E-state index in [2.05, 4.69) is 15.0 Å². The molecule has 0 saturated heterocycles. The summed E-state index contributed by atoms with van der Waals surface area (Å²) in [5.41, 5.74) is -2.96. The predicted octanol–water partition coefficient (Wildman–Crippen LogP) is 10.2. The minimum atomic E-state index is -0.921. The Labute approximate surface area is 279 Å². The van der Waals surface area contributed by atoms with Gasteiger partial charge in [0, 0.05) is 27.5 Å². The van der Waals surface area contributed by atoms with Crippen LogP contribution in [0, 0.1) is 0 Å². The number of aromatic nitrogens is 3. The van der Waals surface area contributed by atoms with Crippen LogP contribution in [0.3, 0.4) is 0 Å². The Bertz CT molecular complexity index is 3790. The van der Waals surface area contributed by atoms with Crippen molar-refractivity contribution in [2.24, 2.45) is 0 Å². The largest absolute Gasteiger partial charge is 0.456 e. The summed E-state index contributed by atoms with van der Waals surface area (Å²) in [5, 5.41) is -3.77. The molecule has 200 valence electrons. The lowest BCUT2D eigenvalue weighted by molar-refractivity contribution is 0.669. The fourth-order valence-corrected chi connectivity index (χ4v) is 4.83. The van der Waals surface area contributed by atoms with Gasteiger partial charge in [0.05, 0.1) is 31.5 Å². The van der Waals surface area contributed by atoms with Crippen molar-refractivity contribution in [1.29, 1.82) is 0 Å². The van der Waals surface area contributed by atoms with E-state index in [1.54, 1.807) is 0 Å². The van der Waals surface area contributed by atoms with Crippen LogP contribution in [-0.4, -0.2) is 15.0 Å². The van der Waals surface area contributed by atoms with Crippen LogP contribution < -0.4 is 0 Å². The van der Waals surface area contributed by atoms with E-state index in [-0.39, 0.29) is 0 Å². The van der Waals surface area contributed by atoms with Crippen molar-refractivity contribution in [3.63, 3.8) is 0 Å². The maximum absolute atomic E-state index is 9.39. The summed E-state index contributed by atoms with van der Waals surface area (Å²) in [4.78, 5) is 13.3. The standard InChI is InChI=1S/C39H23N3O/c1-2-11-25(12-3-1)37-40-38(42-39(41-37)33-17-9-19-35-36(33)32-14-6-7-18-34(32)43-35)31-16-8-15-27-29-21-20-24-10-4-5-13-26(24)28(29)22-23-30(27)31/h1-23H/i1D,2D,3D,4D,5D,6D,7D,8D,9D,10D,11D,12D,13D,14D,15D,16D,17D,18D,19D,20D,21D,22D,23D. The van der Waals surface area contributed by atoms with Gasteiger partial charge in [-0.05, 0) is 44.4 Å². The van der Waals surface area contributed by atoms with Crippen molar-refractivity contribution in [1.82, 2.24) is 15.0 Å². The predicted molar refractivity (Wildman–Crippen MR) is 176 cm³/mol. The number of para-hydroxylation sites is 1. The maximum atomic E-state index is 9.39. The number of hydrogen-bond acceptors (Lipinski definition) is 4. The van der Waals surface area contributed by atoms with E-state index >= 15 is 0 Å². The van der Waals surface area contributed by atoms with Crippen LogP contribution in [-0.2, 0) is 0 Å². The molecule has 0 aliphatic carbocycles. The molecule has 9 rings (SSSR count). The molecule has 7 aromatic carbocycles. The Morgan fingerprint density at radius 2 is 0.977 bits per heavy atom. The molecule has 0 spiro atoms. The monoisotopic (exact) mass is 572 g/mol. The van der Waals surface area contributed by atoms with Gasteiger partial charge in [-0.25, -0.2) is 15.0 Å². The molecule has 0 aliphatic rings. The first-order chi connectivity index (χ1) is 30.9. The summed E-state index contributed by atoms with van der Waals surface area (Å²) in [7, 11) is 0. The molecule has 4 nitrogen and oxygen atoms in total. The Balaban J connectivity index is 1.54. The molecule has 0 unspecified atom stereocenters. The van der Waals surface area contributed by atoms with Crippen molar-refractivity contribution < 1.29 is 35.9 Å². The molecule has 0 atom stereocenters. The molecule has 2 heterocycles. The number of hydrogen-bond donors (Lipinski definition) is 0. The number of nitrogens with zero attached hydrogens (tertiary/aromatic N) is 3. The van der Waals surface area contributed by atoms with Crippen LogP contribution in [0.15, 0.2) is 143 Å². The summed E-state index contributed by atoms with van der Waals surface area (Å²) < 4.78 is 207. The van der Waals surface area contributed by atoms with Gasteiger partial charge in [0.15, 0.2) is 17.5 Å². The molecule has 2 aromatic heterocycles. The lowest BCUT2D eigenvalue weighted by Crippen LogP contribution is -2.00. The highest BCUT2D eigenvalue weighted by molar-refractivity contribution is 6.19. The molecule has 4 heteroatoms. The zero-order valence-electron chi connectivity index (χ0n) is 44.2. The van der Waals surface area contributed by atoms with Gasteiger partial charge in [0.25, 0.3) is 0 Å². The zero-order chi connectivity index (χ0) is 48.3. The van der Waals surface area contributed by atoms with E-state index in [1.807, 2.05) is 0 Å². The number of benzene rings is 7. The van der Waals surface area contributed by atoms with Gasteiger partial charge in [0.2, 0.25) is 0 Å². The molecule has 0 N–H and O–H groups in total. The van der Waals surface area contributed by atoms with Crippen molar-refractivity contribution in [2.75, 3.05) is 0 Å². The first-order valence-electron chi connectivity index (χ1n) is 24.0. The van der Waals surface area contributed by atoms with Crippen LogP contribution in [0.5, 0.6) is 0 Å². The first kappa shape index (κ1) is 10.4. The second-order valence-corrected chi connectivity index (χ2v) is 9.07. The van der Waals surface area contributed by atoms with Crippen molar-refractivity contribution in [3.05, 3.63) is 139 Å². The first-order valence-corrected chi connectivity index (χ1v) is 12.5. The molecule has 43 heavy (non-hydrogen) atoms. The summed E-state index contributed by atoms with van der Waals surface area (Å²) in [5.74, 6) is -2.31. The average Bonchev–Trinajstić information content (AvgIpc) is 3.69. The third kappa shape index (κ3) is 3.74. The lowest BCUT2D eigenvalue weighted by Gasteiger charge is -2.12. The number of rotatable bonds is 3. The third-order valence-corrected chi connectivity index (χ3v) is 6.69. The van der Waals surface area contributed by atoms with Gasteiger partial charge in [0.1, 0.15) is 11.2 Å². The van der Waals surface area contributed by atoms with E-state index in [0.29, 0.717) is 0 Å². The van der Waals surface area contributed by atoms with Gasteiger partial charge in [-0.2, -0.15) is 0 Å². The average molecular weight is 573 g/mol. The van der Waals surface area contributed by atoms with E-state index in [1.165, 1.54) is 0 Å². The number of furan rings is 1. The zero-order valence-corrected chi connectivity index (χ0v) is 21.2. The second-order valence-electron chi connectivity index (χ2n) is 9.07. The Kier molecular flexibility index (Phi) is 2.27. The second kappa shape index (κ2) is 9.33. The SMILES string of the molecule is [2H]c1c([2H])c([2H])c(-c2nc(-c3c([2H])c([2H])c([2H])c4c3c([2H])c([2H])c3c5c([2H])c([2H])c([2H])c([2H])c5c([2H])c([2H])c43)nc(-c3c([2H])c([2H])c([2H])c4oc5c([2H])c([2H])c([2H])c([2H])c5c34)n2)c([2H])c1[2H]. The normalized spacial score (nSPS) is 19.2. The Morgan fingerprint density at radius 3 is 1.88 bits per heavy atom. The molecule has 0 radical (unpaired) electrons. The van der Waals surface area contributed by atoms with Crippen LogP contribution in [0.2, 0.25) is 0 Å².